The highest BCUT2D eigenvalue weighted by Gasteiger charge is 2.18. The number of aromatic nitrogens is 1. The maximum absolute atomic E-state index is 11.6. The van der Waals surface area contributed by atoms with Gasteiger partial charge in [0.15, 0.2) is 0 Å². The maximum Gasteiger partial charge on any atom is 0.326 e. The summed E-state index contributed by atoms with van der Waals surface area (Å²) in [6.45, 7) is 4.17. The van der Waals surface area contributed by atoms with Crippen molar-refractivity contribution in [2.45, 2.75) is 45.7 Å². The Bertz CT molecular complexity index is 434. The van der Waals surface area contributed by atoms with Gasteiger partial charge in [-0.15, -0.1) is 11.3 Å². The molecule has 6 nitrogen and oxygen atoms in total. The summed E-state index contributed by atoms with van der Waals surface area (Å²) in [5.74, 6) is -1.01. The lowest BCUT2D eigenvalue weighted by molar-refractivity contribution is -0.139. The highest BCUT2D eigenvalue weighted by Crippen LogP contribution is 2.07. The summed E-state index contributed by atoms with van der Waals surface area (Å²) in [6, 6.07) is -1.31. The van der Waals surface area contributed by atoms with E-state index >= 15 is 0 Å². The molecule has 0 radical (unpaired) electrons. The van der Waals surface area contributed by atoms with E-state index in [1.165, 1.54) is 11.3 Å². The number of hydrogen-bond donors (Lipinski definition) is 3. The van der Waals surface area contributed by atoms with Crippen LogP contribution in [-0.4, -0.2) is 28.1 Å². The first-order valence-corrected chi connectivity index (χ1v) is 7.09. The molecule has 7 heteroatoms. The smallest absolute Gasteiger partial charge is 0.326 e. The Labute approximate surface area is 116 Å². The van der Waals surface area contributed by atoms with Crippen molar-refractivity contribution in [3.8, 4) is 0 Å². The largest absolute Gasteiger partial charge is 0.480 e. The number of amides is 2. The van der Waals surface area contributed by atoms with Gasteiger partial charge in [-0.2, -0.15) is 0 Å². The van der Waals surface area contributed by atoms with Crippen molar-refractivity contribution >= 4 is 23.3 Å². The average molecular weight is 285 g/mol. The number of carboxylic acids is 1. The van der Waals surface area contributed by atoms with Crippen LogP contribution >= 0.6 is 11.3 Å². The minimum Gasteiger partial charge on any atom is -0.480 e. The Morgan fingerprint density at radius 3 is 2.79 bits per heavy atom. The van der Waals surface area contributed by atoms with Gasteiger partial charge in [0.2, 0.25) is 0 Å². The van der Waals surface area contributed by atoms with Gasteiger partial charge in [0.25, 0.3) is 0 Å². The van der Waals surface area contributed by atoms with E-state index in [-0.39, 0.29) is 0 Å². The van der Waals surface area contributed by atoms with Gasteiger partial charge in [0.1, 0.15) is 11.0 Å². The predicted octanol–water partition coefficient (Wildman–Crippen LogP) is 1.89. The second kappa shape index (κ2) is 7.73. The molecular weight excluding hydrogens is 266 g/mol. The van der Waals surface area contributed by atoms with Crippen molar-refractivity contribution in [1.82, 2.24) is 15.6 Å². The first kappa shape index (κ1) is 15.4. The van der Waals surface area contributed by atoms with Gasteiger partial charge >= 0.3 is 12.0 Å². The van der Waals surface area contributed by atoms with Crippen LogP contribution in [0.25, 0.3) is 0 Å². The van der Waals surface area contributed by atoms with Crippen LogP contribution in [0, 0.1) is 6.92 Å². The van der Waals surface area contributed by atoms with E-state index in [2.05, 4.69) is 15.6 Å². The van der Waals surface area contributed by atoms with Crippen LogP contribution < -0.4 is 10.6 Å². The number of carboxylic acid groups (broad SMARTS) is 1. The van der Waals surface area contributed by atoms with Gasteiger partial charge in [0, 0.05) is 11.1 Å². The molecule has 0 aliphatic heterocycles. The van der Waals surface area contributed by atoms with Crippen LogP contribution in [0.2, 0.25) is 0 Å². The fraction of sp³-hybridized carbons (Fsp3) is 0.583. The normalized spacial score (nSPS) is 11.9. The molecule has 3 N–H and O–H groups in total. The standard InChI is InChI=1S/C12H19N3O3S/c1-3-4-5-9(11(16)17)15-12(18)13-6-10-14-8(2)7-19-10/h7,9H,3-6H2,1-2H3,(H,16,17)(H2,13,15,18)/t9-/m0/s1. The highest BCUT2D eigenvalue weighted by molar-refractivity contribution is 7.09. The van der Waals surface area contributed by atoms with Crippen LogP contribution in [0.5, 0.6) is 0 Å². The summed E-state index contributed by atoms with van der Waals surface area (Å²) in [5, 5.41) is 16.7. The topological polar surface area (TPSA) is 91.3 Å². The quantitative estimate of drug-likeness (QED) is 0.713. The van der Waals surface area contributed by atoms with E-state index < -0.39 is 18.0 Å². The number of aryl methyl sites for hydroxylation is 1. The van der Waals surface area contributed by atoms with Crippen molar-refractivity contribution in [1.29, 1.82) is 0 Å². The average Bonchev–Trinajstić information content (AvgIpc) is 2.77. The number of carbonyl (C=O) groups excluding carboxylic acids is 1. The lowest BCUT2D eigenvalue weighted by atomic mass is 10.1. The number of urea groups is 1. The second-order valence-corrected chi connectivity index (χ2v) is 5.19. The van der Waals surface area contributed by atoms with Crippen molar-refractivity contribution in [2.24, 2.45) is 0 Å². The Balaban J connectivity index is 2.37. The highest BCUT2D eigenvalue weighted by atomic mass is 32.1. The third-order valence-corrected chi connectivity index (χ3v) is 3.48. The molecule has 0 spiro atoms. The summed E-state index contributed by atoms with van der Waals surface area (Å²) in [5.41, 5.74) is 0.911. The van der Waals surface area contributed by atoms with E-state index in [9.17, 15) is 9.59 Å². The number of carbonyl (C=O) groups is 2. The van der Waals surface area contributed by atoms with Gasteiger partial charge in [0.05, 0.1) is 6.54 Å². The molecule has 0 unspecified atom stereocenters. The molecule has 0 aromatic carbocycles. The Kier molecular flexibility index (Phi) is 6.27. The van der Waals surface area contributed by atoms with Crippen molar-refractivity contribution < 1.29 is 14.7 Å². The molecule has 0 fully saturated rings. The zero-order chi connectivity index (χ0) is 14.3. The van der Waals surface area contributed by atoms with E-state index in [0.29, 0.717) is 13.0 Å². The van der Waals surface area contributed by atoms with E-state index in [1.807, 2.05) is 19.2 Å². The van der Waals surface area contributed by atoms with Crippen LogP contribution in [0.15, 0.2) is 5.38 Å². The van der Waals surface area contributed by atoms with E-state index in [1.54, 1.807) is 0 Å². The number of nitrogens with one attached hydrogen (secondary N) is 2. The third kappa shape index (κ3) is 5.69. The van der Waals surface area contributed by atoms with Gasteiger partial charge in [-0.1, -0.05) is 19.8 Å². The molecule has 1 aromatic heterocycles. The molecule has 1 aromatic rings. The minimum atomic E-state index is -1.01. The molecule has 1 rings (SSSR count). The summed E-state index contributed by atoms with van der Waals surface area (Å²) in [7, 11) is 0. The molecule has 1 heterocycles. The molecule has 0 saturated heterocycles. The summed E-state index contributed by atoms with van der Waals surface area (Å²) < 4.78 is 0. The van der Waals surface area contributed by atoms with Crippen LogP contribution in [-0.2, 0) is 11.3 Å². The Hall–Kier alpha value is -1.63. The number of hydrogen-bond acceptors (Lipinski definition) is 4. The number of nitrogens with zero attached hydrogens (tertiary/aromatic N) is 1. The molecule has 0 aliphatic carbocycles. The van der Waals surface area contributed by atoms with Gasteiger partial charge < -0.3 is 15.7 Å². The molecule has 19 heavy (non-hydrogen) atoms. The molecule has 1 atom stereocenters. The summed E-state index contributed by atoms with van der Waals surface area (Å²) in [6.07, 6.45) is 2.10. The zero-order valence-electron chi connectivity index (χ0n) is 11.1. The van der Waals surface area contributed by atoms with Gasteiger partial charge in [-0.3, -0.25) is 0 Å². The number of aliphatic carboxylic acids is 1. The maximum atomic E-state index is 11.6. The van der Waals surface area contributed by atoms with Crippen LogP contribution in [0.4, 0.5) is 4.79 Å². The predicted molar refractivity (Wildman–Crippen MR) is 73.2 cm³/mol. The summed E-state index contributed by atoms with van der Waals surface area (Å²) >= 11 is 1.46. The lowest BCUT2D eigenvalue weighted by Gasteiger charge is -2.14. The SMILES string of the molecule is CCCC[C@H](NC(=O)NCc1nc(C)cs1)C(=O)O. The van der Waals surface area contributed by atoms with Crippen LogP contribution in [0.3, 0.4) is 0 Å². The van der Waals surface area contributed by atoms with Crippen LogP contribution in [0.1, 0.15) is 36.9 Å². The minimum absolute atomic E-state index is 0.310. The first-order chi connectivity index (χ1) is 9.02. The second-order valence-electron chi connectivity index (χ2n) is 4.24. The first-order valence-electron chi connectivity index (χ1n) is 6.21. The molecule has 106 valence electrons. The molecule has 0 saturated carbocycles. The fourth-order valence-corrected chi connectivity index (χ4v) is 2.23. The number of rotatable bonds is 7. The molecule has 2 amide bonds. The lowest BCUT2D eigenvalue weighted by Crippen LogP contribution is -2.45. The molecule has 0 aliphatic rings. The Morgan fingerprint density at radius 1 is 1.53 bits per heavy atom. The third-order valence-electron chi connectivity index (χ3n) is 2.52. The Morgan fingerprint density at radius 2 is 2.26 bits per heavy atom. The zero-order valence-corrected chi connectivity index (χ0v) is 11.9. The number of thiazole rings is 1. The summed E-state index contributed by atoms with van der Waals surface area (Å²) in [4.78, 5) is 26.8. The molecule has 0 bridgehead atoms. The monoisotopic (exact) mass is 285 g/mol. The van der Waals surface area contributed by atoms with E-state index in [4.69, 9.17) is 5.11 Å². The van der Waals surface area contributed by atoms with Crippen molar-refractivity contribution in [3.63, 3.8) is 0 Å². The van der Waals surface area contributed by atoms with Gasteiger partial charge in [-0.05, 0) is 13.3 Å². The molecular formula is C12H19N3O3S. The van der Waals surface area contributed by atoms with Crippen molar-refractivity contribution in [2.75, 3.05) is 0 Å². The number of unbranched alkanes of at least 4 members (excludes halogenated alkanes) is 1. The van der Waals surface area contributed by atoms with E-state index in [0.717, 1.165) is 23.5 Å². The van der Waals surface area contributed by atoms with Gasteiger partial charge in [-0.25, -0.2) is 14.6 Å². The fourth-order valence-electron chi connectivity index (χ4n) is 1.51. The van der Waals surface area contributed by atoms with Crippen molar-refractivity contribution in [3.05, 3.63) is 16.1 Å².